The Kier molecular flexibility index (Phi) is 3.56. The largest absolute Gasteiger partial charge is 0.481 e. The highest BCUT2D eigenvalue weighted by molar-refractivity contribution is 5.82. The third-order valence-corrected chi connectivity index (χ3v) is 3.19. The van der Waals surface area contributed by atoms with Crippen LogP contribution in [0.5, 0.6) is 0 Å². The average Bonchev–Trinajstić information content (AvgIpc) is 2.63. The van der Waals surface area contributed by atoms with E-state index >= 15 is 0 Å². The summed E-state index contributed by atoms with van der Waals surface area (Å²) in [5.41, 5.74) is -0.456. The summed E-state index contributed by atoms with van der Waals surface area (Å²) in [5, 5.41) is 12.9. The zero-order valence-corrected chi connectivity index (χ0v) is 10.9. The smallest absolute Gasteiger partial charge is 0.305 e. The number of aliphatic carboxylic acids is 1. The highest BCUT2D eigenvalue weighted by atomic mass is 19.3. The van der Waals surface area contributed by atoms with E-state index in [-0.39, 0.29) is 29.6 Å². The Bertz CT molecular complexity index is 734. The maximum Gasteiger partial charge on any atom is 0.305 e. The minimum Gasteiger partial charge on any atom is -0.481 e. The molecule has 2 rings (SSSR count). The number of rotatable bonds is 4. The third kappa shape index (κ3) is 2.28. The molecule has 0 bridgehead atoms. The number of alkyl halides is 2. The van der Waals surface area contributed by atoms with Gasteiger partial charge >= 0.3 is 5.97 Å². The van der Waals surface area contributed by atoms with Crippen molar-refractivity contribution in [1.82, 2.24) is 14.3 Å². The second-order valence-corrected chi connectivity index (χ2v) is 4.44. The summed E-state index contributed by atoms with van der Waals surface area (Å²) in [5.74, 6) is -1.07. The van der Waals surface area contributed by atoms with Crippen molar-refractivity contribution < 1.29 is 18.7 Å². The van der Waals surface area contributed by atoms with E-state index in [4.69, 9.17) is 5.11 Å². The van der Waals surface area contributed by atoms with Crippen LogP contribution in [-0.4, -0.2) is 25.4 Å². The van der Waals surface area contributed by atoms with Gasteiger partial charge in [0.05, 0.1) is 6.42 Å². The molecule has 20 heavy (non-hydrogen) atoms. The molecule has 0 unspecified atom stereocenters. The molecule has 0 aliphatic carbocycles. The Morgan fingerprint density at radius 3 is 2.70 bits per heavy atom. The van der Waals surface area contributed by atoms with E-state index in [0.717, 1.165) is 10.6 Å². The van der Waals surface area contributed by atoms with Crippen LogP contribution in [0.1, 0.15) is 24.1 Å². The molecule has 2 aromatic heterocycles. The molecular formula is C12H13F2N3O3. The Balaban J connectivity index is 2.74. The number of pyridine rings is 1. The van der Waals surface area contributed by atoms with Crippen LogP contribution in [0.25, 0.3) is 11.0 Å². The number of nitrogens with zero attached hydrogens (tertiary/aromatic N) is 3. The average molecular weight is 285 g/mol. The van der Waals surface area contributed by atoms with E-state index in [1.54, 1.807) is 14.0 Å². The SMILES string of the molecule is Cc1c2c(C(F)F)cc(=O)n(CCC(=O)O)c2nn1C. The molecule has 0 aromatic carbocycles. The van der Waals surface area contributed by atoms with Crippen molar-refractivity contribution in [2.24, 2.45) is 7.05 Å². The molecule has 0 spiro atoms. The van der Waals surface area contributed by atoms with Gasteiger partial charge in [-0.05, 0) is 6.92 Å². The fraction of sp³-hybridized carbons (Fsp3) is 0.417. The summed E-state index contributed by atoms with van der Waals surface area (Å²) in [7, 11) is 1.58. The lowest BCUT2D eigenvalue weighted by Crippen LogP contribution is -2.22. The first-order valence-corrected chi connectivity index (χ1v) is 5.90. The van der Waals surface area contributed by atoms with E-state index < -0.39 is 18.0 Å². The number of carboxylic acids is 1. The van der Waals surface area contributed by atoms with Crippen molar-refractivity contribution in [3.8, 4) is 0 Å². The van der Waals surface area contributed by atoms with Crippen molar-refractivity contribution in [2.45, 2.75) is 26.3 Å². The number of hydrogen-bond acceptors (Lipinski definition) is 3. The molecule has 0 aliphatic rings. The van der Waals surface area contributed by atoms with Gasteiger partial charge in [-0.1, -0.05) is 0 Å². The Morgan fingerprint density at radius 1 is 1.50 bits per heavy atom. The number of aromatic nitrogens is 3. The molecule has 108 valence electrons. The second-order valence-electron chi connectivity index (χ2n) is 4.44. The lowest BCUT2D eigenvalue weighted by molar-refractivity contribution is -0.137. The topological polar surface area (TPSA) is 77.1 Å². The zero-order valence-electron chi connectivity index (χ0n) is 10.9. The van der Waals surface area contributed by atoms with Crippen molar-refractivity contribution in [2.75, 3.05) is 0 Å². The first-order chi connectivity index (χ1) is 9.32. The van der Waals surface area contributed by atoms with Gasteiger partial charge in [0.25, 0.3) is 12.0 Å². The highest BCUT2D eigenvalue weighted by Crippen LogP contribution is 2.28. The predicted molar refractivity (Wildman–Crippen MR) is 66.9 cm³/mol. The summed E-state index contributed by atoms with van der Waals surface area (Å²) in [6.45, 7) is 1.51. The fourth-order valence-electron chi connectivity index (χ4n) is 2.10. The van der Waals surface area contributed by atoms with Crippen molar-refractivity contribution in [3.63, 3.8) is 0 Å². The van der Waals surface area contributed by atoms with Crippen LogP contribution in [0.15, 0.2) is 10.9 Å². The number of carboxylic acid groups (broad SMARTS) is 1. The number of aryl methyl sites for hydroxylation is 3. The standard InChI is InChI=1S/C12H13F2N3O3/c1-6-10-7(11(13)14)5-8(18)17(4-3-9(19)20)12(10)15-16(6)2/h5,11H,3-4H2,1-2H3,(H,19,20). The summed E-state index contributed by atoms with van der Waals surface area (Å²) in [4.78, 5) is 22.5. The summed E-state index contributed by atoms with van der Waals surface area (Å²) < 4.78 is 28.6. The molecule has 2 heterocycles. The van der Waals surface area contributed by atoms with Crippen LogP contribution >= 0.6 is 0 Å². The van der Waals surface area contributed by atoms with Crippen molar-refractivity contribution in [3.05, 3.63) is 27.7 Å². The van der Waals surface area contributed by atoms with E-state index in [1.807, 2.05) is 0 Å². The molecular weight excluding hydrogens is 272 g/mol. The van der Waals surface area contributed by atoms with Crippen molar-refractivity contribution in [1.29, 1.82) is 0 Å². The molecule has 0 saturated carbocycles. The van der Waals surface area contributed by atoms with Gasteiger partial charge in [-0.3, -0.25) is 18.8 Å². The maximum absolute atomic E-state index is 13.0. The van der Waals surface area contributed by atoms with Crippen LogP contribution in [0.2, 0.25) is 0 Å². The van der Waals surface area contributed by atoms with E-state index in [2.05, 4.69) is 5.10 Å². The maximum atomic E-state index is 13.0. The summed E-state index contributed by atoms with van der Waals surface area (Å²) >= 11 is 0. The molecule has 0 atom stereocenters. The molecule has 8 heteroatoms. The number of carbonyl (C=O) groups is 1. The predicted octanol–water partition coefficient (Wildman–Crippen LogP) is 1.46. The molecule has 0 aliphatic heterocycles. The number of fused-ring (bicyclic) bond motifs is 1. The Hall–Kier alpha value is -2.25. The van der Waals surface area contributed by atoms with Gasteiger partial charge in [0, 0.05) is 36.3 Å². The minimum atomic E-state index is -2.79. The first kappa shape index (κ1) is 14.2. The normalized spacial score (nSPS) is 11.4. The molecule has 1 N–H and O–H groups in total. The summed E-state index contributed by atoms with van der Waals surface area (Å²) in [6.07, 6.45) is -3.07. The molecule has 0 saturated heterocycles. The van der Waals surface area contributed by atoms with Crippen LogP contribution < -0.4 is 5.56 Å². The lowest BCUT2D eigenvalue weighted by Gasteiger charge is -2.08. The van der Waals surface area contributed by atoms with Gasteiger partial charge in [-0.2, -0.15) is 5.10 Å². The van der Waals surface area contributed by atoms with Crippen LogP contribution in [0.3, 0.4) is 0 Å². The minimum absolute atomic E-state index is 0.0917. The van der Waals surface area contributed by atoms with Gasteiger partial charge in [-0.25, -0.2) is 8.78 Å². The van der Waals surface area contributed by atoms with E-state index in [9.17, 15) is 18.4 Å². The van der Waals surface area contributed by atoms with Crippen LogP contribution in [-0.2, 0) is 18.4 Å². The van der Waals surface area contributed by atoms with E-state index in [0.29, 0.717) is 5.69 Å². The fourth-order valence-corrected chi connectivity index (χ4v) is 2.10. The van der Waals surface area contributed by atoms with Gasteiger partial charge in [0.2, 0.25) is 0 Å². The quantitative estimate of drug-likeness (QED) is 0.922. The molecule has 0 radical (unpaired) electrons. The Labute approximate surface area is 112 Å². The highest BCUT2D eigenvalue weighted by Gasteiger charge is 2.21. The zero-order chi connectivity index (χ0) is 15.0. The monoisotopic (exact) mass is 285 g/mol. The summed E-state index contributed by atoms with van der Waals surface area (Å²) in [6, 6.07) is 0.851. The van der Waals surface area contributed by atoms with Crippen LogP contribution in [0, 0.1) is 6.92 Å². The molecule has 2 aromatic rings. The molecule has 6 nitrogen and oxygen atoms in total. The lowest BCUT2D eigenvalue weighted by atomic mass is 10.1. The first-order valence-electron chi connectivity index (χ1n) is 5.90. The van der Waals surface area contributed by atoms with Gasteiger partial charge < -0.3 is 5.11 Å². The molecule has 0 fully saturated rings. The van der Waals surface area contributed by atoms with Crippen LogP contribution in [0.4, 0.5) is 8.78 Å². The van der Waals surface area contributed by atoms with Gasteiger partial charge in [0.1, 0.15) is 0 Å². The van der Waals surface area contributed by atoms with Crippen molar-refractivity contribution >= 4 is 17.0 Å². The Morgan fingerprint density at radius 2 is 2.15 bits per heavy atom. The van der Waals surface area contributed by atoms with E-state index in [1.165, 1.54) is 4.68 Å². The number of halogens is 2. The van der Waals surface area contributed by atoms with Gasteiger partial charge in [-0.15, -0.1) is 0 Å². The third-order valence-electron chi connectivity index (χ3n) is 3.19. The van der Waals surface area contributed by atoms with Gasteiger partial charge in [0.15, 0.2) is 5.65 Å². The second kappa shape index (κ2) is 5.03. The number of hydrogen-bond donors (Lipinski definition) is 1. The molecule has 0 amide bonds.